The van der Waals surface area contributed by atoms with Gasteiger partial charge in [0.05, 0.1) is 11.6 Å². The van der Waals surface area contributed by atoms with E-state index in [1.54, 1.807) is 0 Å². The summed E-state index contributed by atoms with van der Waals surface area (Å²) in [6.07, 6.45) is -11.0. The maximum Gasteiger partial charge on any atom is 0.574 e. The summed E-state index contributed by atoms with van der Waals surface area (Å²) >= 11 is 5.24. The monoisotopic (exact) mass is 377 g/mol. The maximum atomic E-state index is 12.8. The first-order valence-corrected chi connectivity index (χ1v) is 7.47. The van der Waals surface area contributed by atoms with Gasteiger partial charge in [0, 0.05) is 10.7 Å². The standard InChI is InChI=1S/C8H3Cl2F6NO3S/c9-2-3-1-4(21(10,18)19)5(7(11,12)13)6(17-3)20-8(14,15)16/h1H,2H2. The molecule has 0 N–H and O–H groups in total. The highest BCUT2D eigenvalue weighted by Gasteiger charge is 2.45. The Balaban J connectivity index is 3.76. The van der Waals surface area contributed by atoms with Crippen molar-refractivity contribution in [3.8, 4) is 5.88 Å². The molecule has 4 nitrogen and oxygen atoms in total. The normalized spacial score (nSPS) is 13.3. The molecule has 1 aromatic rings. The van der Waals surface area contributed by atoms with Crippen LogP contribution < -0.4 is 4.74 Å². The van der Waals surface area contributed by atoms with E-state index in [0.29, 0.717) is 6.07 Å². The van der Waals surface area contributed by atoms with Crippen LogP contribution >= 0.6 is 22.3 Å². The van der Waals surface area contributed by atoms with Crippen LogP contribution in [-0.4, -0.2) is 19.8 Å². The molecule has 0 saturated heterocycles. The number of hydrogen-bond acceptors (Lipinski definition) is 4. The third-order valence-corrected chi connectivity index (χ3v) is 3.52. The van der Waals surface area contributed by atoms with Gasteiger partial charge in [0.1, 0.15) is 10.5 Å². The molecule has 0 bridgehead atoms. The fourth-order valence-electron chi connectivity index (χ4n) is 1.25. The second-order valence-corrected chi connectivity index (χ2v) is 6.21. The Morgan fingerprint density at radius 2 is 1.71 bits per heavy atom. The quantitative estimate of drug-likeness (QED) is 0.458. The SMILES string of the molecule is O=S(=O)(Cl)c1cc(CCl)nc(OC(F)(F)F)c1C(F)(F)F. The lowest BCUT2D eigenvalue weighted by Gasteiger charge is -2.17. The van der Waals surface area contributed by atoms with Gasteiger partial charge >= 0.3 is 12.5 Å². The van der Waals surface area contributed by atoms with Crippen molar-refractivity contribution in [2.24, 2.45) is 0 Å². The average molecular weight is 378 g/mol. The Morgan fingerprint density at radius 1 is 1.19 bits per heavy atom. The van der Waals surface area contributed by atoms with Gasteiger partial charge in [-0.3, -0.25) is 0 Å². The largest absolute Gasteiger partial charge is 0.574 e. The highest BCUT2D eigenvalue weighted by molar-refractivity contribution is 8.13. The lowest BCUT2D eigenvalue weighted by molar-refractivity contribution is -0.278. The summed E-state index contributed by atoms with van der Waals surface area (Å²) in [5.74, 6) is -2.65. The minimum Gasteiger partial charge on any atom is -0.387 e. The van der Waals surface area contributed by atoms with E-state index < -0.39 is 49.5 Å². The van der Waals surface area contributed by atoms with E-state index in [9.17, 15) is 34.8 Å². The van der Waals surface area contributed by atoms with Crippen LogP contribution in [0.5, 0.6) is 5.88 Å². The lowest BCUT2D eigenvalue weighted by Crippen LogP contribution is -2.23. The molecule has 0 unspecified atom stereocenters. The molecule has 0 aliphatic rings. The number of ether oxygens (including phenoxy) is 1. The second kappa shape index (κ2) is 5.69. The molecule has 13 heteroatoms. The topological polar surface area (TPSA) is 56.3 Å². The summed E-state index contributed by atoms with van der Waals surface area (Å²) in [6.45, 7) is 0. The van der Waals surface area contributed by atoms with Crippen molar-refractivity contribution in [1.82, 2.24) is 4.98 Å². The predicted octanol–water partition coefficient (Wildman–Crippen LogP) is 3.67. The zero-order chi connectivity index (χ0) is 16.6. The van der Waals surface area contributed by atoms with Gasteiger partial charge in [0.25, 0.3) is 9.05 Å². The number of halogens is 8. The molecule has 120 valence electrons. The van der Waals surface area contributed by atoms with E-state index >= 15 is 0 Å². The van der Waals surface area contributed by atoms with Gasteiger partial charge in [-0.15, -0.1) is 24.8 Å². The average Bonchev–Trinajstić information content (AvgIpc) is 2.22. The molecule has 1 rings (SSSR count). The van der Waals surface area contributed by atoms with Crippen molar-refractivity contribution in [3.05, 3.63) is 17.3 Å². The Kier molecular flexibility index (Phi) is 4.91. The Labute approximate surface area is 123 Å². The van der Waals surface area contributed by atoms with Gasteiger partial charge in [-0.25, -0.2) is 13.4 Å². The zero-order valence-electron chi connectivity index (χ0n) is 9.39. The number of alkyl halides is 7. The highest BCUT2D eigenvalue weighted by Crippen LogP contribution is 2.42. The third kappa shape index (κ3) is 4.78. The second-order valence-electron chi connectivity index (χ2n) is 3.41. The van der Waals surface area contributed by atoms with Crippen LogP contribution in [0.3, 0.4) is 0 Å². The molecule has 21 heavy (non-hydrogen) atoms. The Bertz CT molecular complexity index is 643. The van der Waals surface area contributed by atoms with E-state index in [1.807, 2.05) is 0 Å². The smallest absolute Gasteiger partial charge is 0.387 e. The summed E-state index contributed by atoms with van der Waals surface area (Å²) in [5.41, 5.74) is -2.85. The molecule has 0 saturated carbocycles. The molecule has 0 fully saturated rings. The number of hydrogen-bond donors (Lipinski definition) is 0. The van der Waals surface area contributed by atoms with Crippen LogP contribution in [0.25, 0.3) is 0 Å². The third-order valence-electron chi connectivity index (χ3n) is 1.90. The van der Waals surface area contributed by atoms with Gasteiger partial charge in [-0.05, 0) is 6.07 Å². The summed E-state index contributed by atoms with van der Waals surface area (Å²) in [6, 6.07) is 0.321. The first-order chi connectivity index (χ1) is 9.25. The predicted molar refractivity (Wildman–Crippen MR) is 58.5 cm³/mol. The van der Waals surface area contributed by atoms with Crippen LogP contribution in [0.1, 0.15) is 11.3 Å². The zero-order valence-corrected chi connectivity index (χ0v) is 11.7. The summed E-state index contributed by atoms with van der Waals surface area (Å²) in [7, 11) is -0.215. The summed E-state index contributed by atoms with van der Waals surface area (Å²) in [5, 5.41) is 0. The fraction of sp³-hybridized carbons (Fsp3) is 0.375. The van der Waals surface area contributed by atoms with Gasteiger partial charge in [-0.1, -0.05) is 0 Å². The molecule has 0 aliphatic carbocycles. The van der Waals surface area contributed by atoms with Gasteiger partial charge < -0.3 is 4.74 Å². The molecule has 0 aliphatic heterocycles. The van der Waals surface area contributed by atoms with Crippen molar-refractivity contribution in [2.45, 2.75) is 23.3 Å². The number of rotatable bonds is 3. The first-order valence-electron chi connectivity index (χ1n) is 4.63. The minimum atomic E-state index is -5.52. The van der Waals surface area contributed by atoms with Crippen molar-refractivity contribution in [3.63, 3.8) is 0 Å². The van der Waals surface area contributed by atoms with E-state index in [1.165, 1.54) is 0 Å². The lowest BCUT2D eigenvalue weighted by atomic mass is 10.2. The van der Waals surface area contributed by atoms with E-state index in [0.717, 1.165) is 0 Å². The highest BCUT2D eigenvalue weighted by atomic mass is 35.7. The Hall–Kier alpha value is -0.940. The van der Waals surface area contributed by atoms with Crippen molar-refractivity contribution in [2.75, 3.05) is 0 Å². The van der Waals surface area contributed by atoms with E-state index in [4.69, 9.17) is 22.3 Å². The van der Waals surface area contributed by atoms with Crippen LogP contribution in [0.4, 0.5) is 26.3 Å². The number of pyridine rings is 1. The number of nitrogens with zero attached hydrogens (tertiary/aromatic N) is 1. The molecule has 0 spiro atoms. The van der Waals surface area contributed by atoms with Crippen LogP contribution in [-0.2, 0) is 21.1 Å². The fourth-order valence-corrected chi connectivity index (χ4v) is 2.48. The van der Waals surface area contributed by atoms with Crippen molar-refractivity contribution < 1.29 is 39.5 Å². The van der Waals surface area contributed by atoms with Gasteiger partial charge in [0.2, 0.25) is 5.88 Å². The van der Waals surface area contributed by atoms with Crippen LogP contribution in [0.15, 0.2) is 11.0 Å². The summed E-state index contributed by atoms with van der Waals surface area (Å²) < 4.78 is 100. The van der Waals surface area contributed by atoms with E-state index in [2.05, 4.69) is 9.72 Å². The molecular formula is C8H3Cl2F6NO3S. The van der Waals surface area contributed by atoms with Crippen molar-refractivity contribution in [1.29, 1.82) is 0 Å². The Morgan fingerprint density at radius 3 is 2.05 bits per heavy atom. The molecule has 0 amide bonds. The van der Waals surface area contributed by atoms with Gasteiger partial charge in [-0.2, -0.15) is 13.2 Å². The number of aromatic nitrogens is 1. The van der Waals surface area contributed by atoms with E-state index in [-0.39, 0.29) is 0 Å². The minimum absolute atomic E-state index is 0.321. The summed E-state index contributed by atoms with van der Waals surface area (Å²) in [4.78, 5) is 1.28. The van der Waals surface area contributed by atoms with Crippen LogP contribution in [0.2, 0.25) is 0 Å². The molecular weight excluding hydrogens is 375 g/mol. The molecule has 0 radical (unpaired) electrons. The molecule has 1 heterocycles. The molecule has 0 aromatic carbocycles. The first kappa shape index (κ1) is 18.1. The van der Waals surface area contributed by atoms with Crippen molar-refractivity contribution >= 4 is 31.3 Å². The van der Waals surface area contributed by atoms with Gasteiger partial charge in [0.15, 0.2) is 0 Å². The molecule has 1 aromatic heterocycles. The molecule has 0 atom stereocenters. The van der Waals surface area contributed by atoms with Crippen LogP contribution in [0, 0.1) is 0 Å². The maximum absolute atomic E-state index is 12.8.